The maximum atomic E-state index is 11.4. The number of carbonyl (C=O) groups excluding carboxylic acids is 1. The van der Waals surface area contributed by atoms with Crippen molar-refractivity contribution in [1.82, 2.24) is 10.3 Å². The fourth-order valence-electron chi connectivity index (χ4n) is 1.89. The van der Waals surface area contributed by atoms with Gasteiger partial charge in [-0.3, -0.25) is 9.78 Å². The van der Waals surface area contributed by atoms with Crippen molar-refractivity contribution in [3.8, 4) is 0 Å². The van der Waals surface area contributed by atoms with E-state index in [0.717, 1.165) is 31.6 Å². The zero-order valence-corrected chi connectivity index (χ0v) is 12.5. The van der Waals surface area contributed by atoms with Crippen molar-refractivity contribution < 1.29 is 4.79 Å². The first-order chi connectivity index (χ1) is 9.08. The van der Waals surface area contributed by atoms with Gasteiger partial charge >= 0.3 is 0 Å². The first-order valence-corrected chi connectivity index (χ1v) is 7.65. The number of hydrogen-bond donors (Lipinski definition) is 2. The molecule has 0 fully saturated rings. The van der Waals surface area contributed by atoms with E-state index >= 15 is 0 Å². The summed E-state index contributed by atoms with van der Waals surface area (Å²) in [4.78, 5) is 16.7. The minimum absolute atomic E-state index is 0.267. The molecule has 0 aliphatic carbocycles. The Labute approximate surface area is 119 Å². The average Bonchev–Trinajstić information content (AvgIpc) is 2.39. The molecule has 5 heteroatoms. The van der Waals surface area contributed by atoms with Crippen LogP contribution in [-0.2, 0) is 4.79 Å². The molecule has 1 atom stereocenters. The molecule has 0 saturated heterocycles. The van der Waals surface area contributed by atoms with Crippen molar-refractivity contribution >= 4 is 17.7 Å². The molecule has 3 N–H and O–H groups in total. The first-order valence-electron chi connectivity index (χ1n) is 6.66. The van der Waals surface area contributed by atoms with Gasteiger partial charge in [-0.05, 0) is 44.2 Å². The SMILES string of the molecule is CCNC(C)(CCCCSc1ccncc1)C(N)=O. The number of nitrogens with zero attached hydrogens (tertiary/aromatic N) is 1. The molecule has 1 unspecified atom stereocenters. The Morgan fingerprint density at radius 3 is 2.68 bits per heavy atom. The third kappa shape index (κ3) is 5.61. The molecule has 106 valence electrons. The molecular weight excluding hydrogens is 258 g/mol. The van der Waals surface area contributed by atoms with Crippen LogP contribution in [0.4, 0.5) is 0 Å². The highest BCUT2D eigenvalue weighted by Crippen LogP contribution is 2.20. The van der Waals surface area contributed by atoms with Gasteiger partial charge in [0.15, 0.2) is 0 Å². The number of primary amides is 1. The number of thioether (sulfide) groups is 1. The molecule has 1 aromatic rings. The summed E-state index contributed by atoms with van der Waals surface area (Å²) in [6.45, 7) is 4.63. The molecule has 1 aromatic heterocycles. The van der Waals surface area contributed by atoms with E-state index in [9.17, 15) is 4.79 Å². The van der Waals surface area contributed by atoms with Crippen molar-refractivity contribution in [2.75, 3.05) is 12.3 Å². The largest absolute Gasteiger partial charge is 0.368 e. The monoisotopic (exact) mass is 281 g/mol. The van der Waals surface area contributed by atoms with Gasteiger partial charge in [0.2, 0.25) is 5.91 Å². The predicted octanol–water partition coefficient (Wildman–Crippen LogP) is 2.20. The maximum Gasteiger partial charge on any atom is 0.237 e. The number of nitrogens with two attached hydrogens (primary N) is 1. The second-order valence-corrected chi connectivity index (χ2v) is 5.88. The van der Waals surface area contributed by atoms with Crippen molar-refractivity contribution in [2.45, 2.75) is 43.5 Å². The predicted molar refractivity (Wildman–Crippen MR) is 80.1 cm³/mol. The van der Waals surface area contributed by atoms with E-state index in [0.29, 0.717) is 0 Å². The maximum absolute atomic E-state index is 11.4. The van der Waals surface area contributed by atoms with Crippen LogP contribution in [0.25, 0.3) is 0 Å². The summed E-state index contributed by atoms with van der Waals surface area (Å²) in [6.07, 6.45) is 6.45. The van der Waals surface area contributed by atoms with E-state index < -0.39 is 5.54 Å². The molecular formula is C14H23N3OS. The van der Waals surface area contributed by atoms with E-state index in [1.54, 1.807) is 12.4 Å². The van der Waals surface area contributed by atoms with Gasteiger partial charge in [0, 0.05) is 17.3 Å². The number of likely N-dealkylation sites (N-methyl/N-ethyl adjacent to an activating group) is 1. The number of aromatic nitrogens is 1. The molecule has 1 heterocycles. The number of rotatable bonds is 9. The molecule has 1 rings (SSSR count). The van der Waals surface area contributed by atoms with Crippen LogP contribution in [-0.4, -0.2) is 28.7 Å². The van der Waals surface area contributed by atoms with Gasteiger partial charge in [0.05, 0.1) is 5.54 Å². The highest BCUT2D eigenvalue weighted by atomic mass is 32.2. The number of nitrogens with one attached hydrogen (secondary N) is 1. The number of unbranched alkanes of at least 4 members (excludes halogenated alkanes) is 1. The molecule has 0 spiro atoms. The summed E-state index contributed by atoms with van der Waals surface area (Å²) in [7, 11) is 0. The van der Waals surface area contributed by atoms with Gasteiger partial charge < -0.3 is 11.1 Å². The summed E-state index contributed by atoms with van der Waals surface area (Å²) in [5, 5.41) is 3.18. The topological polar surface area (TPSA) is 68.0 Å². The Hall–Kier alpha value is -1.07. The fourth-order valence-corrected chi connectivity index (χ4v) is 2.79. The van der Waals surface area contributed by atoms with Crippen molar-refractivity contribution in [3.63, 3.8) is 0 Å². The summed E-state index contributed by atoms with van der Waals surface area (Å²) >= 11 is 1.82. The molecule has 19 heavy (non-hydrogen) atoms. The summed E-state index contributed by atoms with van der Waals surface area (Å²) in [5.41, 5.74) is 4.88. The molecule has 0 radical (unpaired) electrons. The number of amides is 1. The van der Waals surface area contributed by atoms with Crippen LogP contribution in [0.2, 0.25) is 0 Å². The minimum Gasteiger partial charge on any atom is -0.368 e. The summed E-state index contributed by atoms with van der Waals surface area (Å²) in [6, 6.07) is 4.02. The van der Waals surface area contributed by atoms with E-state index in [4.69, 9.17) is 5.73 Å². The fraction of sp³-hybridized carbons (Fsp3) is 0.571. The molecule has 0 aliphatic heterocycles. The van der Waals surface area contributed by atoms with Crippen LogP contribution in [0, 0.1) is 0 Å². The van der Waals surface area contributed by atoms with Crippen LogP contribution in [0.15, 0.2) is 29.4 Å². The minimum atomic E-state index is -0.573. The van der Waals surface area contributed by atoms with Crippen molar-refractivity contribution in [3.05, 3.63) is 24.5 Å². The second-order valence-electron chi connectivity index (χ2n) is 4.72. The normalized spacial score (nSPS) is 14.0. The molecule has 0 bridgehead atoms. The van der Waals surface area contributed by atoms with Gasteiger partial charge in [-0.1, -0.05) is 13.3 Å². The second kappa shape index (κ2) is 8.17. The Morgan fingerprint density at radius 1 is 1.42 bits per heavy atom. The quantitative estimate of drug-likeness (QED) is 0.538. The van der Waals surface area contributed by atoms with Gasteiger partial charge in [0.1, 0.15) is 0 Å². The van der Waals surface area contributed by atoms with E-state index in [2.05, 4.69) is 10.3 Å². The van der Waals surface area contributed by atoms with Crippen molar-refractivity contribution in [2.24, 2.45) is 5.73 Å². The van der Waals surface area contributed by atoms with E-state index in [-0.39, 0.29) is 5.91 Å². The average molecular weight is 281 g/mol. The highest BCUT2D eigenvalue weighted by Gasteiger charge is 2.28. The molecule has 0 aliphatic rings. The van der Waals surface area contributed by atoms with Gasteiger partial charge in [-0.25, -0.2) is 0 Å². The summed E-state index contributed by atoms with van der Waals surface area (Å²) < 4.78 is 0. The van der Waals surface area contributed by atoms with Crippen molar-refractivity contribution in [1.29, 1.82) is 0 Å². The van der Waals surface area contributed by atoms with Crippen LogP contribution < -0.4 is 11.1 Å². The smallest absolute Gasteiger partial charge is 0.237 e. The molecule has 0 aromatic carbocycles. The lowest BCUT2D eigenvalue weighted by atomic mass is 9.94. The van der Waals surface area contributed by atoms with E-state index in [1.807, 2.05) is 37.7 Å². The Kier molecular flexibility index (Phi) is 6.87. The zero-order valence-electron chi connectivity index (χ0n) is 11.7. The Morgan fingerprint density at radius 2 is 2.11 bits per heavy atom. The number of hydrogen-bond acceptors (Lipinski definition) is 4. The Bertz CT molecular complexity index is 386. The molecule has 0 saturated carbocycles. The highest BCUT2D eigenvalue weighted by molar-refractivity contribution is 7.99. The standard InChI is InChI=1S/C14H23N3OS/c1-3-17-14(2,13(15)18)8-4-5-11-19-12-6-9-16-10-7-12/h6-7,9-10,17H,3-5,8,11H2,1-2H3,(H2,15,18). The van der Waals surface area contributed by atoms with Crippen LogP contribution in [0.1, 0.15) is 33.1 Å². The van der Waals surface area contributed by atoms with Gasteiger partial charge in [-0.15, -0.1) is 11.8 Å². The van der Waals surface area contributed by atoms with Gasteiger partial charge in [-0.2, -0.15) is 0 Å². The molecule has 4 nitrogen and oxygen atoms in total. The van der Waals surface area contributed by atoms with Crippen LogP contribution in [0.5, 0.6) is 0 Å². The lowest BCUT2D eigenvalue weighted by Crippen LogP contribution is -2.52. The van der Waals surface area contributed by atoms with Crippen LogP contribution >= 0.6 is 11.8 Å². The van der Waals surface area contributed by atoms with Crippen LogP contribution in [0.3, 0.4) is 0 Å². The van der Waals surface area contributed by atoms with E-state index in [1.165, 1.54) is 4.90 Å². The number of carbonyl (C=O) groups is 1. The zero-order chi connectivity index (χ0) is 14.1. The van der Waals surface area contributed by atoms with Gasteiger partial charge in [0.25, 0.3) is 0 Å². The third-order valence-electron chi connectivity index (χ3n) is 3.10. The summed E-state index contributed by atoms with van der Waals surface area (Å²) in [5.74, 6) is 0.779. The Balaban J connectivity index is 2.24. The lowest BCUT2D eigenvalue weighted by Gasteiger charge is -2.26. The molecule has 1 amide bonds. The number of pyridine rings is 1. The lowest BCUT2D eigenvalue weighted by molar-refractivity contribution is -0.124. The first kappa shape index (κ1) is 16.0. The third-order valence-corrected chi connectivity index (χ3v) is 4.20.